The van der Waals surface area contributed by atoms with Crippen LogP contribution in [0.2, 0.25) is 10.0 Å². The lowest BCUT2D eigenvalue weighted by Gasteiger charge is -2.15. The molecule has 2 aromatic carbocycles. The molecule has 0 saturated carbocycles. The smallest absolute Gasteiger partial charge is 0.118 e. The molecule has 1 N–H and O–H groups in total. The van der Waals surface area contributed by atoms with Gasteiger partial charge in [0.25, 0.3) is 0 Å². The van der Waals surface area contributed by atoms with Crippen molar-refractivity contribution in [1.82, 2.24) is 5.32 Å². The van der Waals surface area contributed by atoms with Gasteiger partial charge in [0.2, 0.25) is 0 Å². The first-order valence-corrected chi connectivity index (χ1v) is 7.17. The van der Waals surface area contributed by atoms with E-state index in [9.17, 15) is 0 Å². The monoisotopic (exact) mass is 309 g/mol. The highest BCUT2D eigenvalue weighted by atomic mass is 35.5. The summed E-state index contributed by atoms with van der Waals surface area (Å²) < 4.78 is 5.16. The van der Waals surface area contributed by atoms with Crippen molar-refractivity contribution in [3.8, 4) is 5.75 Å². The maximum absolute atomic E-state index is 6.01. The number of rotatable bonds is 5. The highest BCUT2D eigenvalue weighted by molar-refractivity contribution is 6.42. The summed E-state index contributed by atoms with van der Waals surface area (Å²) in [6.07, 6.45) is 0. The minimum absolute atomic E-state index is 0.246. The van der Waals surface area contributed by atoms with E-state index in [2.05, 4.69) is 24.4 Å². The molecule has 0 aliphatic carbocycles. The Morgan fingerprint density at radius 2 is 1.75 bits per heavy atom. The van der Waals surface area contributed by atoms with Crippen LogP contribution in [0.5, 0.6) is 5.75 Å². The largest absolute Gasteiger partial charge is 0.497 e. The number of hydrogen-bond acceptors (Lipinski definition) is 2. The molecule has 0 fully saturated rings. The lowest BCUT2D eigenvalue weighted by atomic mass is 10.1. The van der Waals surface area contributed by atoms with E-state index in [1.54, 1.807) is 7.11 Å². The van der Waals surface area contributed by atoms with Crippen LogP contribution in [-0.4, -0.2) is 7.11 Å². The molecule has 0 amide bonds. The van der Waals surface area contributed by atoms with E-state index in [1.807, 2.05) is 30.3 Å². The van der Waals surface area contributed by atoms with Crippen LogP contribution in [0.25, 0.3) is 0 Å². The maximum Gasteiger partial charge on any atom is 0.118 e. The number of halogens is 2. The van der Waals surface area contributed by atoms with Crippen molar-refractivity contribution in [2.75, 3.05) is 7.11 Å². The van der Waals surface area contributed by atoms with E-state index in [-0.39, 0.29) is 6.04 Å². The standard InChI is InChI=1S/C16H17Cl2NO/c1-11(13-4-6-14(20-2)7-5-13)19-10-12-3-8-15(17)16(18)9-12/h3-9,11,19H,10H2,1-2H3/t11-/m1/s1. The van der Waals surface area contributed by atoms with Gasteiger partial charge in [-0.2, -0.15) is 0 Å². The van der Waals surface area contributed by atoms with Crippen LogP contribution in [0.1, 0.15) is 24.1 Å². The first-order chi connectivity index (χ1) is 9.60. The summed E-state index contributed by atoms with van der Waals surface area (Å²) in [6.45, 7) is 2.86. The van der Waals surface area contributed by atoms with Crippen LogP contribution in [0.3, 0.4) is 0 Å². The van der Waals surface area contributed by atoms with Gasteiger partial charge in [-0.25, -0.2) is 0 Å². The van der Waals surface area contributed by atoms with Gasteiger partial charge in [-0.15, -0.1) is 0 Å². The SMILES string of the molecule is COc1ccc([C@@H](C)NCc2ccc(Cl)c(Cl)c2)cc1. The van der Waals surface area contributed by atoms with Gasteiger partial charge < -0.3 is 10.1 Å². The van der Waals surface area contributed by atoms with E-state index >= 15 is 0 Å². The molecule has 0 heterocycles. The summed E-state index contributed by atoms with van der Waals surface area (Å²) in [6, 6.07) is 14.0. The van der Waals surface area contributed by atoms with Crippen molar-refractivity contribution in [3.05, 3.63) is 63.6 Å². The number of benzene rings is 2. The molecular weight excluding hydrogens is 293 g/mol. The highest BCUT2D eigenvalue weighted by Gasteiger charge is 2.06. The molecule has 1 atom stereocenters. The average Bonchev–Trinajstić information content (AvgIpc) is 2.48. The van der Waals surface area contributed by atoms with Crippen LogP contribution >= 0.6 is 23.2 Å². The zero-order chi connectivity index (χ0) is 14.5. The normalized spacial score (nSPS) is 12.2. The Hall–Kier alpha value is -1.22. The third kappa shape index (κ3) is 3.89. The van der Waals surface area contributed by atoms with E-state index < -0.39 is 0 Å². The molecule has 0 unspecified atom stereocenters. The summed E-state index contributed by atoms with van der Waals surface area (Å²) >= 11 is 11.9. The van der Waals surface area contributed by atoms with Gasteiger partial charge in [-0.1, -0.05) is 41.4 Å². The van der Waals surface area contributed by atoms with E-state index in [0.717, 1.165) is 17.9 Å². The van der Waals surface area contributed by atoms with Crippen LogP contribution in [-0.2, 0) is 6.54 Å². The topological polar surface area (TPSA) is 21.3 Å². The molecule has 0 aliphatic rings. The third-order valence-electron chi connectivity index (χ3n) is 3.21. The Bertz CT molecular complexity index is 569. The second kappa shape index (κ2) is 6.98. The van der Waals surface area contributed by atoms with Crippen molar-refractivity contribution in [2.45, 2.75) is 19.5 Å². The van der Waals surface area contributed by atoms with Crippen LogP contribution in [0.4, 0.5) is 0 Å². The first-order valence-electron chi connectivity index (χ1n) is 6.41. The average molecular weight is 310 g/mol. The first kappa shape index (κ1) is 15.2. The highest BCUT2D eigenvalue weighted by Crippen LogP contribution is 2.23. The van der Waals surface area contributed by atoms with Crippen molar-refractivity contribution < 1.29 is 4.74 Å². The van der Waals surface area contributed by atoms with Gasteiger partial charge in [0.15, 0.2) is 0 Å². The fourth-order valence-electron chi connectivity index (χ4n) is 1.93. The minimum atomic E-state index is 0.246. The lowest BCUT2D eigenvalue weighted by Crippen LogP contribution is -2.18. The summed E-state index contributed by atoms with van der Waals surface area (Å²) in [4.78, 5) is 0. The van der Waals surface area contributed by atoms with Gasteiger partial charge in [-0.05, 0) is 42.3 Å². The van der Waals surface area contributed by atoms with Gasteiger partial charge in [-0.3, -0.25) is 0 Å². The van der Waals surface area contributed by atoms with Gasteiger partial charge in [0.05, 0.1) is 17.2 Å². The quantitative estimate of drug-likeness (QED) is 0.852. The molecule has 0 aromatic heterocycles. The number of nitrogens with one attached hydrogen (secondary N) is 1. The fourth-order valence-corrected chi connectivity index (χ4v) is 2.25. The van der Waals surface area contributed by atoms with Crippen LogP contribution < -0.4 is 10.1 Å². The molecular formula is C16H17Cl2NO. The Morgan fingerprint density at radius 1 is 1.05 bits per heavy atom. The molecule has 0 saturated heterocycles. The number of ether oxygens (including phenoxy) is 1. The molecule has 2 nitrogen and oxygen atoms in total. The number of methoxy groups -OCH3 is 1. The van der Waals surface area contributed by atoms with E-state index in [1.165, 1.54) is 5.56 Å². The summed E-state index contributed by atoms with van der Waals surface area (Å²) in [7, 11) is 1.67. The predicted octanol–water partition coefficient (Wildman–Crippen LogP) is 4.85. The Labute approximate surface area is 129 Å². The second-order valence-electron chi connectivity index (χ2n) is 4.62. The van der Waals surface area contributed by atoms with Crippen LogP contribution in [0, 0.1) is 0 Å². The third-order valence-corrected chi connectivity index (χ3v) is 3.95. The molecule has 0 radical (unpaired) electrons. The van der Waals surface area contributed by atoms with Gasteiger partial charge in [0.1, 0.15) is 5.75 Å². The summed E-state index contributed by atoms with van der Waals surface area (Å²) in [5.74, 6) is 0.866. The van der Waals surface area contributed by atoms with Crippen molar-refractivity contribution >= 4 is 23.2 Å². The van der Waals surface area contributed by atoms with Gasteiger partial charge in [0, 0.05) is 12.6 Å². The van der Waals surface area contributed by atoms with Gasteiger partial charge >= 0.3 is 0 Å². The zero-order valence-electron chi connectivity index (χ0n) is 11.5. The predicted molar refractivity (Wildman–Crippen MR) is 84.7 cm³/mol. The lowest BCUT2D eigenvalue weighted by molar-refractivity contribution is 0.414. The molecule has 0 spiro atoms. The summed E-state index contributed by atoms with van der Waals surface area (Å²) in [5, 5.41) is 4.63. The number of hydrogen-bond donors (Lipinski definition) is 1. The van der Waals surface area contributed by atoms with Crippen LogP contribution in [0.15, 0.2) is 42.5 Å². The molecule has 20 heavy (non-hydrogen) atoms. The summed E-state index contributed by atoms with van der Waals surface area (Å²) in [5.41, 5.74) is 2.32. The second-order valence-corrected chi connectivity index (χ2v) is 5.44. The van der Waals surface area contributed by atoms with Crippen molar-refractivity contribution in [2.24, 2.45) is 0 Å². The Balaban J connectivity index is 1.96. The Morgan fingerprint density at radius 3 is 2.35 bits per heavy atom. The van der Waals surface area contributed by atoms with E-state index in [4.69, 9.17) is 27.9 Å². The minimum Gasteiger partial charge on any atom is -0.497 e. The molecule has 106 valence electrons. The van der Waals surface area contributed by atoms with E-state index in [0.29, 0.717) is 10.0 Å². The Kier molecular flexibility index (Phi) is 5.30. The maximum atomic E-state index is 6.01. The van der Waals surface area contributed by atoms with Crippen molar-refractivity contribution in [1.29, 1.82) is 0 Å². The molecule has 4 heteroatoms. The fraction of sp³-hybridized carbons (Fsp3) is 0.250. The molecule has 2 rings (SSSR count). The van der Waals surface area contributed by atoms with Crippen molar-refractivity contribution in [3.63, 3.8) is 0 Å². The zero-order valence-corrected chi connectivity index (χ0v) is 13.0. The molecule has 0 aliphatic heterocycles. The molecule has 2 aromatic rings. The molecule has 0 bridgehead atoms.